The van der Waals surface area contributed by atoms with Crippen LogP contribution in [-0.2, 0) is 14.3 Å². The van der Waals surface area contributed by atoms with Gasteiger partial charge >= 0.3 is 5.97 Å². The highest BCUT2D eigenvalue weighted by Crippen LogP contribution is 2.77. The minimum absolute atomic E-state index is 0.00333. The van der Waals surface area contributed by atoms with Crippen LogP contribution >= 0.6 is 0 Å². The Morgan fingerprint density at radius 1 is 0.927 bits per heavy atom. The maximum atomic E-state index is 12.4. The van der Waals surface area contributed by atoms with E-state index in [-0.39, 0.29) is 17.2 Å². The maximum absolute atomic E-state index is 12.4. The monoisotopic (exact) mass is 571 g/mol. The lowest BCUT2D eigenvalue weighted by Gasteiger charge is -2.65. The molecule has 0 aromatic heterocycles. The molecule has 4 rings (SSSR count). The summed E-state index contributed by atoms with van der Waals surface area (Å²) in [5.41, 5.74) is 2.57. The zero-order valence-corrected chi connectivity index (χ0v) is 28.6. The van der Waals surface area contributed by atoms with Crippen LogP contribution in [0.15, 0.2) is 11.6 Å². The molecule has 8 atom stereocenters. The fourth-order valence-corrected chi connectivity index (χ4v) is 11.1. The van der Waals surface area contributed by atoms with Crippen molar-refractivity contribution in [2.45, 2.75) is 176 Å². The van der Waals surface area contributed by atoms with E-state index in [1.807, 2.05) is 0 Å². The maximum Gasteiger partial charge on any atom is 0.305 e. The fourth-order valence-electron chi connectivity index (χ4n) is 11.1. The number of rotatable bonds is 14. The third-order valence-electron chi connectivity index (χ3n) is 13.7. The Bertz CT molecular complexity index is 932. The van der Waals surface area contributed by atoms with Gasteiger partial charge in [-0.2, -0.15) is 0 Å². The van der Waals surface area contributed by atoms with Crippen LogP contribution in [0.25, 0.3) is 0 Å². The summed E-state index contributed by atoms with van der Waals surface area (Å²) in [5, 5.41) is 0. The van der Waals surface area contributed by atoms with E-state index in [9.17, 15) is 4.79 Å². The molecule has 0 radical (unpaired) electrons. The number of carbonyl (C=O) groups is 1. The molecule has 1 heterocycles. The standard InChI is InChI=1S/C38H66O3/c1-10-11-12-13-14-20-33(39)40-27-16-19-32-35(7)25-26-36(8)30(29(4)18-15-17-28(2)3)21-23-37(36,9)31(35)22-24-38(32)34(5,6)41-38/h17,29-32H,10-16,18-27H2,1-9H3/t29-,30?,31?,32?,35-,36+,37-,38+/m1/s1. The average Bonchev–Trinajstić information content (AvgIpc) is 3.32. The van der Waals surface area contributed by atoms with Crippen LogP contribution < -0.4 is 0 Å². The topological polar surface area (TPSA) is 38.8 Å². The second-order valence-electron chi connectivity index (χ2n) is 16.5. The van der Waals surface area contributed by atoms with Crippen LogP contribution in [0.4, 0.5) is 0 Å². The van der Waals surface area contributed by atoms with Gasteiger partial charge in [0.05, 0.1) is 12.2 Å². The molecule has 1 spiro atoms. The predicted octanol–water partition coefficient (Wildman–Crippen LogP) is 10.8. The normalized spacial score (nSPS) is 39.6. The highest BCUT2D eigenvalue weighted by Gasteiger charge is 2.76. The molecule has 3 unspecified atom stereocenters. The summed E-state index contributed by atoms with van der Waals surface area (Å²) in [5.74, 6) is 2.94. The van der Waals surface area contributed by atoms with Crippen LogP contribution in [0.1, 0.15) is 165 Å². The van der Waals surface area contributed by atoms with Crippen molar-refractivity contribution in [2.75, 3.05) is 6.61 Å². The summed E-state index contributed by atoms with van der Waals surface area (Å²) < 4.78 is 12.5. The second kappa shape index (κ2) is 12.6. The van der Waals surface area contributed by atoms with Gasteiger partial charge in [-0.15, -0.1) is 0 Å². The first-order valence-electron chi connectivity index (χ1n) is 17.8. The van der Waals surface area contributed by atoms with Gasteiger partial charge in [0.25, 0.3) is 0 Å². The minimum Gasteiger partial charge on any atom is -0.466 e. The fraction of sp³-hybridized carbons (Fsp3) is 0.921. The SMILES string of the molecule is CCCCCCCC(=O)OCCCC1[C@]2(C)CC[C@@]3(C)C([C@H](C)CCC=C(C)C)CC[C@]3(C)C2CC[C@]12OC2(C)C. The number of allylic oxidation sites excluding steroid dienone is 2. The molecule has 3 saturated carbocycles. The van der Waals surface area contributed by atoms with Gasteiger partial charge < -0.3 is 9.47 Å². The molecular formula is C38H66O3. The minimum atomic E-state index is -0.0277. The molecule has 1 saturated heterocycles. The highest BCUT2D eigenvalue weighted by atomic mass is 16.6. The number of ether oxygens (including phenoxy) is 2. The molecule has 0 N–H and O–H groups in total. The van der Waals surface area contributed by atoms with Gasteiger partial charge in [-0.1, -0.05) is 72.0 Å². The van der Waals surface area contributed by atoms with E-state index in [2.05, 4.69) is 68.4 Å². The smallest absolute Gasteiger partial charge is 0.305 e. The first-order chi connectivity index (χ1) is 19.3. The van der Waals surface area contributed by atoms with E-state index in [4.69, 9.17) is 9.47 Å². The van der Waals surface area contributed by atoms with Gasteiger partial charge in [-0.05, 0) is 138 Å². The van der Waals surface area contributed by atoms with Crippen molar-refractivity contribution in [3.63, 3.8) is 0 Å². The molecule has 4 fully saturated rings. The number of epoxide rings is 1. The second-order valence-corrected chi connectivity index (χ2v) is 16.5. The van der Waals surface area contributed by atoms with Crippen molar-refractivity contribution in [3.05, 3.63) is 11.6 Å². The van der Waals surface area contributed by atoms with Crippen LogP contribution in [0, 0.1) is 39.9 Å². The van der Waals surface area contributed by atoms with E-state index >= 15 is 0 Å². The van der Waals surface area contributed by atoms with Crippen LogP contribution in [-0.4, -0.2) is 23.8 Å². The molecule has 0 aromatic carbocycles. The molecule has 0 aromatic rings. The molecule has 4 aliphatic rings. The van der Waals surface area contributed by atoms with Crippen molar-refractivity contribution in [1.29, 1.82) is 0 Å². The van der Waals surface area contributed by atoms with E-state index in [0.29, 0.717) is 35.2 Å². The van der Waals surface area contributed by atoms with Crippen molar-refractivity contribution in [2.24, 2.45) is 39.9 Å². The Balaban J connectivity index is 1.42. The number of unbranched alkanes of at least 4 members (excludes halogenated alkanes) is 4. The third kappa shape index (κ3) is 6.10. The molecule has 0 amide bonds. The van der Waals surface area contributed by atoms with Crippen molar-refractivity contribution >= 4 is 5.97 Å². The van der Waals surface area contributed by atoms with Gasteiger partial charge in [0, 0.05) is 6.42 Å². The van der Waals surface area contributed by atoms with E-state index in [1.54, 1.807) is 0 Å². The average molecular weight is 571 g/mol. The highest BCUT2D eigenvalue weighted by molar-refractivity contribution is 5.69. The number of esters is 1. The lowest BCUT2D eigenvalue weighted by molar-refractivity contribution is -0.173. The summed E-state index contributed by atoms with van der Waals surface area (Å²) in [7, 11) is 0. The Labute approximate surface area is 254 Å². The van der Waals surface area contributed by atoms with Crippen LogP contribution in [0.2, 0.25) is 0 Å². The van der Waals surface area contributed by atoms with Crippen LogP contribution in [0.3, 0.4) is 0 Å². The Hall–Kier alpha value is -0.830. The Morgan fingerprint density at radius 2 is 1.63 bits per heavy atom. The van der Waals surface area contributed by atoms with E-state index in [0.717, 1.165) is 43.4 Å². The number of fused-ring (bicyclic) bond motifs is 3. The summed E-state index contributed by atoms with van der Waals surface area (Å²) in [6.45, 7) is 22.5. The van der Waals surface area contributed by atoms with Gasteiger partial charge in [0.15, 0.2) is 0 Å². The first kappa shape index (κ1) is 33.1. The largest absolute Gasteiger partial charge is 0.466 e. The molecule has 0 bridgehead atoms. The molecule has 3 aliphatic carbocycles. The van der Waals surface area contributed by atoms with Gasteiger partial charge in [-0.25, -0.2) is 0 Å². The quantitative estimate of drug-likeness (QED) is 0.0902. The van der Waals surface area contributed by atoms with E-state index < -0.39 is 0 Å². The molecule has 41 heavy (non-hydrogen) atoms. The van der Waals surface area contributed by atoms with Gasteiger partial charge in [0.1, 0.15) is 5.60 Å². The number of hydrogen-bond donors (Lipinski definition) is 0. The molecule has 3 nitrogen and oxygen atoms in total. The van der Waals surface area contributed by atoms with Crippen LogP contribution in [0.5, 0.6) is 0 Å². The molecule has 236 valence electrons. The van der Waals surface area contributed by atoms with Crippen molar-refractivity contribution < 1.29 is 14.3 Å². The summed E-state index contributed by atoms with van der Waals surface area (Å²) in [6, 6.07) is 0. The number of hydrogen-bond acceptors (Lipinski definition) is 3. The van der Waals surface area contributed by atoms with Crippen molar-refractivity contribution in [1.82, 2.24) is 0 Å². The predicted molar refractivity (Wildman–Crippen MR) is 172 cm³/mol. The zero-order valence-electron chi connectivity index (χ0n) is 28.6. The molecule has 1 aliphatic heterocycles. The zero-order chi connectivity index (χ0) is 30.1. The third-order valence-corrected chi connectivity index (χ3v) is 13.7. The summed E-state index contributed by atoms with van der Waals surface area (Å²) in [6.07, 6.45) is 21.5. The van der Waals surface area contributed by atoms with Gasteiger partial charge in [-0.3, -0.25) is 4.79 Å². The first-order valence-corrected chi connectivity index (χ1v) is 17.8. The molecule has 3 heteroatoms. The van der Waals surface area contributed by atoms with E-state index in [1.165, 1.54) is 76.2 Å². The lowest BCUT2D eigenvalue weighted by atomic mass is 9.39. The summed E-state index contributed by atoms with van der Waals surface area (Å²) in [4.78, 5) is 12.4. The Kier molecular flexibility index (Phi) is 10.2. The Morgan fingerprint density at radius 3 is 2.29 bits per heavy atom. The van der Waals surface area contributed by atoms with Crippen molar-refractivity contribution in [3.8, 4) is 0 Å². The molecular weight excluding hydrogens is 504 g/mol. The number of carbonyl (C=O) groups excluding carboxylic acids is 1. The van der Waals surface area contributed by atoms with Gasteiger partial charge in [0.2, 0.25) is 0 Å². The summed E-state index contributed by atoms with van der Waals surface area (Å²) >= 11 is 0. The lowest BCUT2D eigenvalue weighted by Crippen LogP contribution is -2.61.